The van der Waals surface area contributed by atoms with E-state index >= 15 is 0 Å². The van der Waals surface area contributed by atoms with Crippen molar-refractivity contribution in [1.29, 1.82) is 0 Å². The molecule has 0 atom stereocenters. The summed E-state index contributed by atoms with van der Waals surface area (Å²) in [6, 6.07) is 4.92. The molecule has 2 saturated carbocycles. The number of benzene rings is 1. The van der Waals surface area contributed by atoms with Crippen LogP contribution in [0.1, 0.15) is 37.7 Å². The zero-order chi connectivity index (χ0) is 13.4. The van der Waals surface area contributed by atoms with E-state index in [-0.39, 0.29) is 5.56 Å². The Kier molecular flexibility index (Phi) is 3.33. The van der Waals surface area contributed by atoms with E-state index in [2.05, 4.69) is 4.90 Å². The van der Waals surface area contributed by atoms with Gasteiger partial charge >= 0.3 is 0 Å². The van der Waals surface area contributed by atoms with Gasteiger partial charge in [-0.25, -0.2) is 8.78 Å². The van der Waals surface area contributed by atoms with Gasteiger partial charge in [0.25, 0.3) is 6.43 Å². The van der Waals surface area contributed by atoms with E-state index < -0.39 is 6.43 Å². The average Bonchev–Trinajstić information content (AvgIpc) is 3.23. The predicted octanol–water partition coefficient (Wildman–Crippen LogP) is 3.83. The van der Waals surface area contributed by atoms with Crippen LogP contribution >= 0.6 is 0 Å². The van der Waals surface area contributed by atoms with Crippen LogP contribution in [0.3, 0.4) is 0 Å². The van der Waals surface area contributed by atoms with Gasteiger partial charge in [-0.3, -0.25) is 0 Å². The summed E-state index contributed by atoms with van der Waals surface area (Å²) in [5.74, 6) is 1.39. The van der Waals surface area contributed by atoms with Gasteiger partial charge in [-0.2, -0.15) is 0 Å². The lowest BCUT2D eigenvalue weighted by atomic mass is 10.1. The molecule has 0 radical (unpaired) electrons. The Morgan fingerprint density at radius 3 is 2.16 bits per heavy atom. The van der Waals surface area contributed by atoms with Crippen LogP contribution in [0, 0.1) is 11.8 Å². The topological polar surface area (TPSA) is 29.3 Å². The third-order valence-electron chi connectivity index (χ3n) is 3.98. The highest BCUT2D eigenvalue weighted by Crippen LogP contribution is 2.39. The fraction of sp³-hybridized carbons (Fsp3) is 0.600. The van der Waals surface area contributed by atoms with E-state index in [0.717, 1.165) is 13.1 Å². The first-order valence-corrected chi connectivity index (χ1v) is 7.06. The first kappa shape index (κ1) is 12.7. The van der Waals surface area contributed by atoms with Crippen molar-refractivity contribution in [1.82, 2.24) is 0 Å². The monoisotopic (exact) mass is 266 g/mol. The summed E-state index contributed by atoms with van der Waals surface area (Å²) in [6.45, 7) is 1.83. The summed E-state index contributed by atoms with van der Waals surface area (Å²) < 4.78 is 26.4. The zero-order valence-corrected chi connectivity index (χ0v) is 11.0. The summed E-state index contributed by atoms with van der Waals surface area (Å²) >= 11 is 0. The van der Waals surface area contributed by atoms with Gasteiger partial charge in [0, 0.05) is 30.0 Å². The van der Waals surface area contributed by atoms with E-state index in [4.69, 9.17) is 5.73 Å². The van der Waals surface area contributed by atoms with Crippen LogP contribution in [-0.4, -0.2) is 13.1 Å². The molecule has 0 bridgehead atoms. The minimum absolute atomic E-state index is 0.0845. The molecule has 104 valence electrons. The van der Waals surface area contributed by atoms with Crippen molar-refractivity contribution < 1.29 is 8.78 Å². The minimum atomic E-state index is -2.46. The molecular weight excluding hydrogens is 246 g/mol. The Morgan fingerprint density at radius 1 is 1.11 bits per heavy atom. The lowest BCUT2D eigenvalue weighted by Crippen LogP contribution is -2.29. The Hall–Kier alpha value is -1.32. The number of nitrogens with two attached hydrogens (primary N) is 1. The second-order valence-electron chi connectivity index (χ2n) is 5.91. The largest absolute Gasteiger partial charge is 0.399 e. The van der Waals surface area contributed by atoms with Gasteiger partial charge in [0.2, 0.25) is 0 Å². The SMILES string of the molecule is Nc1ccc(N(CC2CC2)CC2CC2)c(C(F)F)c1. The number of alkyl halides is 2. The number of rotatable bonds is 6. The van der Waals surface area contributed by atoms with E-state index in [9.17, 15) is 8.78 Å². The molecular formula is C15H20F2N2. The molecule has 0 amide bonds. The fourth-order valence-corrected chi connectivity index (χ4v) is 2.53. The fourth-order valence-electron chi connectivity index (χ4n) is 2.53. The van der Waals surface area contributed by atoms with Crippen LogP contribution in [-0.2, 0) is 0 Å². The summed E-state index contributed by atoms with van der Waals surface area (Å²) in [7, 11) is 0. The quantitative estimate of drug-likeness (QED) is 0.793. The first-order valence-electron chi connectivity index (χ1n) is 7.06. The second kappa shape index (κ2) is 4.99. The number of halogens is 2. The van der Waals surface area contributed by atoms with Crippen molar-refractivity contribution in [3.8, 4) is 0 Å². The van der Waals surface area contributed by atoms with Gasteiger partial charge < -0.3 is 10.6 Å². The standard InChI is InChI=1S/C15H20F2N2/c16-15(17)13-7-12(18)5-6-14(13)19(8-10-1-2-10)9-11-3-4-11/h5-7,10-11,15H,1-4,8-9,18H2. The van der Waals surface area contributed by atoms with Gasteiger partial charge in [0.15, 0.2) is 0 Å². The van der Waals surface area contributed by atoms with Gasteiger partial charge in [-0.1, -0.05) is 0 Å². The van der Waals surface area contributed by atoms with Crippen LogP contribution in [0.4, 0.5) is 20.2 Å². The maximum absolute atomic E-state index is 13.2. The third kappa shape index (κ3) is 3.17. The normalized spacial score (nSPS) is 18.9. The van der Waals surface area contributed by atoms with Crippen molar-refractivity contribution in [2.24, 2.45) is 11.8 Å². The number of hydrogen-bond acceptors (Lipinski definition) is 2. The first-order chi connectivity index (χ1) is 9.13. The smallest absolute Gasteiger partial charge is 0.265 e. The second-order valence-corrected chi connectivity index (χ2v) is 5.91. The van der Waals surface area contributed by atoms with E-state index in [1.165, 1.54) is 31.7 Å². The Balaban J connectivity index is 1.85. The average molecular weight is 266 g/mol. The van der Waals surface area contributed by atoms with Crippen molar-refractivity contribution in [3.05, 3.63) is 23.8 Å². The molecule has 0 unspecified atom stereocenters. The molecule has 0 saturated heterocycles. The molecule has 2 aliphatic rings. The van der Waals surface area contributed by atoms with Gasteiger partial charge in [-0.05, 0) is 55.7 Å². The molecule has 1 aromatic carbocycles. The number of hydrogen-bond donors (Lipinski definition) is 1. The number of anilines is 2. The molecule has 4 heteroatoms. The van der Waals surface area contributed by atoms with Crippen molar-refractivity contribution in [2.75, 3.05) is 23.7 Å². The molecule has 2 nitrogen and oxygen atoms in total. The molecule has 2 aliphatic carbocycles. The van der Waals surface area contributed by atoms with Gasteiger partial charge in [0.1, 0.15) is 0 Å². The van der Waals surface area contributed by atoms with E-state index in [1.54, 1.807) is 12.1 Å². The summed E-state index contributed by atoms with van der Waals surface area (Å²) in [5.41, 5.74) is 6.82. The lowest BCUT2D eigenvalue weighted by molar-refractivity contribution is 0.152. The van der Waals surface area contributed by atoms with Crippen LogP contribution in [0.2, 0.25) is 0 Å². The highest BCUT2D eigenvalue weighted by Gasteiger charge is 2.31. The van der Waals surface area contributed by atoms with E-state index in [1.807, 2.05) is 0 Å². The Morgan fingerprint density at radius 2 is 1.68 bits per heavy atom. The number of nitrogen functional groups attached to an aromatic ring is 1. The minimum Gasteiger partial charge on any atom is -0.399 e. The molecule has 2 N–H and O–H groups in total. The molecule has 2 fully saturated rings. The molecule has 0 heterocycles. The Labute approximate surface area is 112 Å². The lowest BCUT2D eigenvalue weighted by Gasteiger charge is -2.27. The van der Waals surface area contributed by atoms with Crippen LogP contribution in [0.25, 0.3) is 0 Å². The predicted molar refractivity (Wildman–Crippen MR) is 73.5 cm³/mol. The summed E-state index contributed by atoms with van der Waals surface area (Å²) in [5, 5.41) is 0. The van der Waals surface area contributed by atoms with Crippen molar-refractivity contribution >= 4 is 11.4 Å². The highest BCUT2D eigenvalue weighted by molar-refractivity contribution is 5.60. The zero-order valence-electron chi connectivity index (χ0n) is 11.0. The Bertz CT molecular complexity index is 439. The maximum Gasteiger partial charge on any atom is 0.265 e. The molecule has 0 spiro atoms. The number of nitrogens with zero attached hydrogens (tertiary/aromatic N) is 1. The van der Waals surface area contributed by atoms with Crippen molar-refractivity contribution in [2.45, 2.75) is 32.1 Å². The third-order valence-corrected chi connectivity index (χ3v) is 3.98. The molecule has 19 heavy (non-hydrogen) atoms. The molecule has 3 rings (SSSR count). The van der Waals surface area contributed by atoms with Crippen LogP contribution < -0.4 is 10.6 Å². The summed E-state index contributed by atoms with van der Waals surface area (Å²) in [4.78, 5) is 2.16. The van der Waals surface area contributed by atoms with Gasteiger partial charge in [-0.15, -0.1) is 0 Å². The molecule has 0 aliphatic heterocycles. The highest BCUT2D eigenvalue weighted by atomic mass is 19.3. The molecule has 1 aromatic rings. The van der Waals surface area contributed by atoms with Crippen LogP contribution in [0.5, 0.6) is 0 Å². The maximum atomic E-state index is 13.2. The molecule has 0 aromatic heterocycles. The van der Waals surface area contributed by atoms with E-state index in [0.29, 0.717) is 23.2 Å². The van der Waals surface area contributed by atoms with Crippen LogP contribution in [0.15, 0.2) is 18.2 Å². The van der Waals surface area contributed by atoms with Gasteiger partial charge in [0.05, 0.1) is 0 Å². The summed E-state index contributed by atoms with van der Waals surface area (Å²) in [6.07, 6.45) is 2.49. The van der Waals surface area contributed by atoms with Crippen molar-refractivity contribution in [3.63, 3.8) is 0 Å².